The van der Waals surface area contributed by atoms with E-state index in [1.54, 1.807) is 0 Å². The number of allylic oxidation sites excluding steroid dienone is 2. The van der Waals surface area contributed by atoms with Crippen LogP contribution in [0.3, 0.4) is 0 Å². The summed E-state index contributed by atoms with van der Waals surface area (Å²) in [6.45, 7) is 4.49. The second-order valence-corrected chi connectivity index (χ2v) is 22.5. The number of phosphoric acid groups is 1. The van der Waals surface area contributed by atoms with Crippen LogP contribution in [-0.4, -0.2) is 74.9 Å². The Balaban J connectivity index is 4.13. The van der Waals surface area contributed by atoms with Crippen molar-refractivity contribution in [1.82, 2.24) is 0 Å². The van der Waals surface area contributed by atoms with Gasteiger partial charge in [0.2, 0.25) is 0 Å². The highest BCUT2D eigenvalue weighted by Gasteiger charge is 2.27. The van der Waals surface area contributed by atoms with Crippen molar-refractivity contribution in [1.29, 1.82) is 0 Å². The molecule has 0 spiro atoms. The summed E-state index contributed by atoms with van der Waals surface area (Å²) in [5.41, 5.74) is 0. The lowest BCUT2D eigenvalue weighted by Gasteiger charge is -2.24. The van der Waals surface area contributed by atoms with Crippen molar-refractivity contribution in [2.75, 3.05) is 47.5 Å². The highest BCUT2D eigenvalue weighted by atomic mass is 31.2. The molecule has 0 fully saturated rings. The number of nitrogens with zero attached hydrogens (tertiary/aromatic N) is 1. The second-order valence-electron chi connectivity index (χ2n) is 21.0. The molecule has 0 aliphatic carbocycles. The Morgan fingerprint density at radius 3 is 1.10 bits per heavy atom. The predicted octanol–water partition coefficient (Wildman–Crippen LogP) is 17.7. The highest BCUT2D eigenvalue weighted by Crippen LogP contribution is 2.43. The first-order valence-corrected chi connectivity index (χ1v) is 30.4. The maximum atomic E-state index is 12.8. The number of quaternary nitrogens is 1. The molecule has 10 heteroatoms. The summed E-state index contributed by atoms with van der Waals surface area (Å²) in [5, 5.41) is 0. The lowest BCUT2D eigenvalue weighted by atomic mass is 10.0. The van der Waals surface area contributed by atoms with Gasteiger partial charge in [0.1, 0.15) is 19.8 Å². The third-order valence-corrected chi connectivity index (χ3v) is 14.0. The first-order valence-electron chi connectivity index (χ1n) is 28.9. The van der Waals surface area contributed by atoms with Gasteiger partial charge in [0.25, 0.3) is 0 Å². The molecule has 2 unspecified atom stereocenters. The van der Waals surface area contributed by atoms with Crippen LogP contribution in [0.1, 0.15) is 290 Å². The second kappa shape index (κ2) is 49.7. The minimum absolute atomic E-state index is 0.0350. The molecular weight excluding hydrogens is 858 g/mol. The zero-order valence-corrected chi connectivity index (χ0v) is 46.1. The fraction of sp³-hybridized carbons (Fsp3) is 0.930. The van der Waals surface area contributed by atoms with Gasteiger partial charge in [-0.2, -0.15) is 0 Å². The number of rotatable bonds is 54. The SMILES string of the molecule is CCCCCCCCCC/C=C\CCCCCCCCCCCC(=O)OC(COC(=O)CCCCCCCCCCCCCCCCCCCCCCCC)COP(=O)(O)OCC[N+](C)(C)C. The van der Waals surface area contributed by atoms with E-state index in [1.165, 1.54) is 225 Å². The van der Waals surface area contributed by atoms with Gasteiger partial charge in [0.15, 0.2) is 6.10 Å². The molecule has 1 N–H and O–H groups in total. The maximum absolute atomic E-state index is 12.8. The lowest BCUT2D eigenvalue weighted by Crippen LogP contribution is -2.37. The molecule has 0 aromatic rings. The van der Waals surface area contributed by atoms with Crippen LogP contribution in [0.2, 0.25) is 0 Å². The summed E-state index contributed by atoms with van der Waals surface area (Å²) < 4.78 is 34.6. The van der Waals surface area contributed by atoms with Crippen LogP contribution in [0, 0.1) is 0 Å². The first-order chi connectivity index (χ1) is 32.5. The lowest BCUT2D eigenvalue weighted by molar-refractivity contribution is -0.870. The fourth-order valence-electron chi connectivity index (χ4n) is 8.54. The molecule has 0 bridgehead atoms. The van der Waals surface area contributed by atoms with Crippen LogP contribution < -0.4 is 0 Å². The van der Waals surface area contributed by atoms with Crippen molar-refractivity contribution in [2.24, 2.45) is 0 Å². The van der Waals surface area contributed by atoms with Crippen molar-refractivity contribution >= 4 is 19.8 Å². The van der Waals surface area contributed by atoms with Gasteiger partial charge in [-0.05, 0) is 38.5 Å². The molecule has 0 heterocycles. The monoisotopic (exact) mass is 971 g/mol. The smallest absolute Gasteiger partial charge is 0.462 e. The van der Waals surface area contributed by atoms with Crippen LogP contribution >= 0.6 is 7.82 Å². The Bertz CT molecular complexity index is 1140. The van der Waals surface area contributed by atoms with Gasteiger partial charge in [-0.15, -0.1) is 0 Å². The van der Waals surface area contributed by atoms with Crippen molar-refractivity contribution in [3.05, 3.63) is 12.2 Å². The average molecular weight is 972 g/mol. The van der Waals surface area contributed by atoms with Crippen LogP contribution in [0.4, 0.5) is 0 Å². The summed E-state index contributed by atoms with van der Waals surface area (Å²) in [6, 6.07) is 0. The predicted molar refractivity (Wildman–Crippen MR) is 284 cm³/mol. The number of hydrogen-bond donors (Lipinski definition) is 1. The van der Waals surface area contributed by atoms with Gasteiger partial charge < -0.3 is 18.9 Å². The largest absolute Gasteiger partial charge is 0.472 e. The number of phosphoric ester groups is 1. The molecule has 0 aromatic carbocycles. The van der Waals surface area contributed by atoms with E-state index in [4.69, 9.17) is 18.5 Å². The standard InChI is InChI=1S/C57H112NO8P/c1-6-8-10-12-14-16-18-20-22-24-26-28-30-31-33-35-37-39-41-43-45-47-49-56(59)63-53-55(54-65-67(61,62)64-52-51-58(3,4)5)66-57(60)50-48-46-44-42-40-38-36-34-32-29-27-25-23-21-19-17-15-13-11-9-7-2/h25,27,55H,6-24,26,28-54H2,1-5H3/p+1/b27-25-. The zero-order valence-electron chi connectivity index (χ0n) is 45.2. The Labute approximate surface area is 416 Å². The van der Waals surface area contributed by atoms with E-state index in [9.17, 15) is 19.0 Å². The number of hydrogen-bond acceptors (Lipinski definition) is 7. The van der Waals surface area contributed by atoms with E-state index in [0.717, 1.165) is 32.1 Å². The van der Waals surface area contributed by atoms with E-state index in [0.29, 0.717) is 23.9 Å². The third kappa shape index (κ3) is 53.9. The van der Waals surface area contributed by atoms with Gasteiger partial charge in [-0.3, -0.25) is 18.6 Å². The maximum Gasteiger partial charge on any atom is 0.472 e. The van der Waals surface area contributed by atoms with Gasteiger partial charge >= 0.3 is 19.8 Å². The Morgan fingerprint density at radius 1 is 0.448 bits per heavy atom. The van der Waals surface area contributed by atoms with E-state index in [2.05, 4.69) is 26.0 Å². The number of unbranched alkanes of at least 4 members (excludes halogenated alkanes) is 38. The van der Waals surface area contributed by atoms with E-state index in [-0.39, 0.29) is 25.6 Å². The zero-order chi connectivity index (χ0) is 49.2. The summed E-state index contributed by atoms with van der Waals surface area (Å²) in [7, 11) is 1.49. The molecule has 0 radical (unpaired) electrons. The van der Waals surface area contributed by atoms with Crippen molar-refractivity contribution in [3.8, 4) is 0 Å². The Morgan fingerprint density at radius 2 is 0.761 bits per heavy atom. The van der Waals surface area contributed by atoms with Crippen LogP contribution in [-0.2, 0) is 32.7 Å². The molecule has 0 saturated carbocycles. The van der Waals surface area contributed by atoms with E-state index < -0.39 is 26.5 Å². The molecule has 67 heavy (non-hydrogen) atoms. The molecule has 0 aliphatic heterocycles. The van der Waals surface area contributed by atoms with E-state index >= 15 is 0 Å². The highest BCUT2D eigenvalue weighted by molar-refractivity contribution is 7.47. The molecule has 0 rings (SSSR count). The number of carbonyl (C=O) groups excluding carboxylic acids is 2. The molecule has 0 saturated heterocycles. The minimum atomic E-state index is -4.38. The van der Waals surface area contributed by atoms with Gasteiger partial charge in [0, 0.05) is 12.8 Å². The van der Waals surface area contributed by atoms with E-state index in [1.807, 2.05) is 21.1 Å². The van der Waals surface area contributed by atoms with Crippen molar-refractivity contribution < 1.29 is 42.1 Å². The Kier molecular flexibility index (Phi) is 48.8. The van der Waals surface area contributed by atoms with Crippen LogP contribution in [0.25, 0.3) is 0 Å². The number of esters is 2. The first kappa shape index (κ1) is 65.8. The normalized spacial score (nSPS) is 13.3. The summed E-state index contributed by atoms with van der Waals surface area (Å²) in [6.07, 6.45) is 57.0. The average Bonchev–Trinajstić information content (AvgIpc) is 3.29. The van der Waals surface area contributed by atoms with Gasteiger partial charge in [-0.1, -0.05) is 251 Å². The fourth-order valence-corrected chi connectivity index (χ4v) is 9.28. The van der Waals surface area contributed by atoms with Crippen molar-refractivity contribution in [3.63, 3.8) is 0 Å². The quantitative estimate of drug-likeness (QED) is 0.0211. The number of likely N-dealkylation sites (N-methyl/N-ethyl adjacent to an activating group) is 1. The topological polar surface area (TPSA) is 108 Å². The molecule has 398 valence electrons. The Hall–Kier alpha value is -1.25. The molecular formula is C57H113NO8P+. The summed E-state index contributed by atoms with van der Waals surface area (Å²) in [4.78, 5) is 35.7. The third-order valence-electron chi connectivity index (χ3n) is 13.0. The molecule has 0 amide bonds. The number of carbonyl (C=O) groups is 2. The van der Waals surface area contributed by atoms with Crippen LogP contribution in [0.15, 0.2) is 12.2 Å². The van der Waals surface area contributed by atoms with Crippen molar-refractivity contribution in [2.45, 2.75) is 296 Å². The van der Waals surface area contributed by atoms with Gasteiger partial charge in [-0.25, -0.2) is 4.57 Å². The van der Waals surface area contributed by atoms with Gasteiger partial charge in [0.05, 0.1) is 27.7 Å². The minimum Gasteiger partial charge on any atom is -0.462 e. The molecule has 9 nitrogen and oxygen atoms in total. The summed E-state index contributed by atoms with van der Waals surface area (Å²) >= 11 is 0. The summed E-state index contributed by atoms with van der Waals surface area (Å²) in [5.74, 6) is -0.781. The molecule has 0 aliphatic rings. The van der Waals surface area contributed by atoms with Crippen LogP contribution in [0.5, 0.6) is 0 Å². The number of ether oxygens (including phenoxy) is 2. The molecule has 2 atom stereocenters. The molecule has 0 aromatic heterocycles.